The van der Waals surface area contributed by atoms with Crippen molar-refractivity contribution in [2.75, 3.05) is 13.2 Å². The molecule has 1 spiro atoms. The van der Waals surface area contributed by atoms with Crippen LogP contribution in [-0.2, 0) is 5.60 Å². The standard InChI is InChI=1S/C14H17ClO3/c1-13(2,16)9-5-11-12(6-10(9)15)18-8-14(3-4-14)7-17-11/h5-6,16H,3-4,7-8H2,1-2H3. The molecule has 0 unspecified atom stereocenters. The second-order valence-electron chi connectivity index (χ2n) is 5.92. The fraction of sp³-hybridized carbons (Fsp3) is 0.571. The number of aliphatic hydroxyl groups is 1. The van der Waals surface area contributed by atoms with Gasteiger partial charge in [-0.25, -0.2) is 0 Å². The van der Waals surface area contributed by atoms with E-state index < -0.39 is 5.60 Å². The molecule has 0 bridgehead atoms. The summed E-state index contributed by atoms with van der Waals surface area (Å²) >= 11 is 6.19. The van der Waals surface area contributed by atoms with Gasteiger partial charge in [0.05, 0.1) is 23.8 Å². The van der Waals surface area contributed by atoms with E-state index in [-0.39, 0.29) is 5.41 Å². The van der Waals surface area contributed by atoms with Gasteiger partial charge in [-0.05, 0) is 32.8 Å². The number of fused-ring (bicyclic) bond motifs is 1. The van der Waals surface area contributed by atoms with Crippen molar-refractivity contribution in [1.82, 2.24) is 0 Å². The Morgan fingerprint density at radius 2 is 1.72 bits per heavy atom. The number of ether oxygens (including phenoxy) is 2. The van der Waals surface area contributed by atoms with E-state index in [2.05, 4.69) is 0 Å². The molecule has 2 aliphatic rings. The maximum absolute atomic E-state index is 10.1. The largest absolute Gasteiger partial charge is 0.489 e. The van der Waals surface area contributed by atoms with Gasteiger partial charge in [-0.3, -0.25) is 0 Å². The highest BCUT2D eigenvalue weighted by Gasteiger charge is 2.46. The minimum absolute atomic E-state index is 0.209. The molecule has 1 saturated carbocycles. The van der Waals surface area contributed by atoms with Crippen LogP contribution in [0, 0.1) is 5.41 Å². The average molecular weight is 269 g/mol. The summed E-state index contributed by atoms with van der Waals surface area (Å²) in [7, 11) is 0. The van der Waals surface area contributed by atoms with Crippen LogP contribution in [0.15, 0.2) is 12.1 Å². The Labute approximate surface area is 112 Å². The monoisotopic (exact) mass is 268 g/mol. The molecule has 3 nitrogen and oxygen atoms in total. The van der Waals surface area contributed by atoms with Crippen LogP contribution >= 0.6 is 11.6 Å². The van der Waals surface area contributed by atoms with Crippen molar-refractivity contribution in [1.29, 1.82) is 0 Å². The number of rotatable bonds is 1. The molecule has 1 heterocycles. The Kier molecular flexibility index (Phi) is 2.55. The van der Waals surface area contributed by atoms with Crippen LogP contribution in [-0.4, -0.2) is 18.3 Å². The minimum atomic E-state index is -0.987. The molecule has 98 valence electrons. The van der Waals surface area contributed by atoms with Gasteiger partial charge in [0.2, 0.25) is 0 Å². The van der Waals surface area contributed by atoms with E-state index in [0.29, 0.717) is 35.3 Å². The van der Waals surface area contributed by atoms with Gasteiger partial charge in [0.1, 0.15) is 0 Å². The van der Waals surface area contributed by atoms with Crippen LogP contribution in [0.3, 0.4) is 0 Å². The van der Waals surface area contributed by atoms with Gasteiger partial charge in [-0.15, -0.1) is 0 Å². The number of benzene rings is 1. The van der Waals surface area contributed by atoms with Gasteiger partial charge >= 0.3 is 0 Å². The molecule has 1 N–H and O–H groups in total. The van der Waals surface area contributed by atoms with Gasteiger partial charge in [-0.1, -0.05) is 11.6 Å². The van der Waals surface area contributed by atoms with Gasteiger partial charge < -0.3 is 14.6 Å². The zero-order valence-corrected chi connectivity index (χ0v) is 11.4. The summed E-state index contributed by atoms with van der Waals surface area (Å²) in [6, 6.07) is 3.53. The van der Waals surface area contributed by atoms with E-state index in [0.717, 1.165) is 12.8 Å². The first-order chi connectivity index (χ1) is 8.40. The molecular weight excluding hydrogens is 252 g/mol. The topological polar surface area (TPSA) is 38.7 Å². The molecule has 0 radical (unpaired) electrons. The Hall–Kier alpha value is -0.930. The molecule has 1 aromatic rings. The van der Waals surface area contributed by atoms with E-state index in [4.69, 9.17) is 21.1 Å². The molecule has 0 atom stereocenters. The summed E-state index contributed by atoms with van der Waals surface area (Å²) in [4.78, 5) is 0. The summed E-state index contributed by atoms with van der Waals surface area (Å²) in [6.45, 7) is 4.80. The summed E-state index contributed by atoms with van der Waals surface area (Å²) in [5, 5.41) is 10.6. The predicted molar refractivity (Wildman–Crippen MR) is 69.4 cm³/mol. The highest BCUT2D eigenvalue weighted by molar-refractivity contribution is 6.31. The zero-order chi connectivity index (χ0) is 13.0. The molecule has 0 amide bonds. The van der Waals surface area contributed by atoms with Gasteiger partial charge in [0.15, 0.2) is 11.5 Å². The Morgan fingerprint density at radius 1 is 1.17 bits per heavy atom. The highest BCUT2D eigenvalue weighted by atomic mass is 35.5. The lowest BCUT2D eigenvalue weighted by Crippen LogP contribution is -2.17. The number of hydrogen-bond acceptors (Lipinski definition) is 3. The van der Waals surface area contributed by atoms with Crippen molar-refractivity contribution in [3.05, 3.63) is 22.7 Å². The van der Waals surface area contributed by atoms with E-state index in [9.17, 15) is 5.11 Å². The van der Waals surface area contributed by atoms with Crippen LogP contribution in [0.4, 0.5) is 0 Å². The Morgan fingerprint density at radius 3 is 2.22 bits per heavy atom. The molecule has 4 heteroatoms. The zero-order valence-electron chi connectivity index (χ0n) is 10.6. The Bertz CT molecular complexity index is 487. The van der Waals surface area contributed by atoms with Crippen molar-refractivity contribution >= 4 is 11.6 Å². The van der Waals surface area contributed by atoms with Gasteiger partial charge in [0.25, 0.3) is 0 Å². The normalized spacial score (nSPS) is 20.7. The lowest BCUT2D eigenvalue weighted by atomic mass is 9.98. The molecule has 3 rings (SSSR count). The molecule has 1 fully saturated rings. The van der Waals surface area contributed by atoms with Crippen LogP contribution in [0.5, 0.6) is 11.5 Å². The first-order valence-electron chi connectivity index (χ1n) is 6.22. The third kappa shape index (κ3) is 2.06. The first-order valence-corrected chi connectivity index (χ1v) is 6.60. The highest BCUT2D eigenvalue weighted by Crippen LogP contribution is 2.50. The molecule has 18 heavy (non-hydrogen) atoms. The van der Waals surface area contributed by atoms with Crippen molar-refractivity contribution in [2.24, 2.45) is 5.41 Å². The number of halogens is 1. The van der Waals surface area contributed by atoms with E-state index in [1.54, 1.807) is 26.0 Å². The summed E-state index contributed by atoms with van der Waals surface area (Å²) in [5.41, 5.74) is -0.113. The second kappa shape index (κ2) is 3.78. The molecule has 1 aliphatic heterocycles. The van der Waals surface area contributed by atoms with E-state index in [1.165, 1.54) is 0 Å². The second-order valence-corrected chi connectivity index (χ2v) is 6.32. The minimum Gasteiger partial charge on any atom is -0.489 e. The van der Waals surface area contributed by atoms with Crippen LogP contribution < -0.4 is 9.47 Å². The third-order valence-corrected chi connectivity index (χ3v) is 4.03. The maximum Gasteiger partial charge on any atom is 0.162 e. The lowest BCUT2D eigenvalue weighted by Gasteiger charge is -2.21. The summed E-state index contributed by atoms with van der Waals surface area (Å²) < 4.78 is 11.6. The van der Waals surface area contributed by atoms with Gasteiger partial charge in [0, 0.05) is 17.0 Å². The predicted octanol–water partition coefficient (Wildman–Crippen LogP) is 3.12. The van der Waals surface area contributed by atoms with Gasteiger partial charge in [-0.2, -0.15) is 0 Å². The van der Waals surface area contributed by atoms with Crippen molar-refractivity contribution in [3.63, 3.8) is 0 Å². The summed E-state index contributed by atoms with van der Waals surface area (Å²) in [6.07, 6.45) is 2.32. The molecule has 1 aliphatic carbocycles. The van der Waals surface area contributed by atoms with Crippen LogP contribution in [0.1, 0.15) is 32.3 Å². The van der Waals surface area contributed by atoms with Crippen LogP contribution in [0.25, 0.3) is 0 Å². The molecule has 0 saturated heterocycles. The maximum atomic E-state index is 10.1. The van der Waals surface area contributed by atoms with E-state index >= 15 is 0 Å². The van der Waals surface area contributed by atoms with Crippen molar-refractivity contribution < 1.29 is 14.6 Å². The lowest BCUT2D eigenvalue weighted by molar-refractivity contribution is 0.0783. The fourth-order valence-electron chi connectivity index (χ4n) is 2.20. The van der Waals surface area contributed by atoms with Crippen molar-refractivity contribution in [2.45, 2.75) is 32.3 Å². The molecule has 1 aromatic carbocycles. The molecular formula is C14H17ClO3. The average Bonchev–Trinajstić information content (AvgIpc) is 3.06. The van der Waals surface area contributed by atoms with E-state index in [1.807, 2.05) is 0 Å². The van der Waals surface area contributed by atoms with Crippen LogP contribution in [0.2, 0.25) is 5.02 Å². The smallest absolute Gasteiger partial charge is 0.162 e. The van der Waals surface area contributed by atoms with Crippen molar-refractivity contribution in [3.8, 4) is 11.5 Å². The quantitative estimate of drug-likeness (QED) is 0.851. The first kappa shape index (κ1) is 12.1. The Balaban J connectivity index is 1.98. The fourth-order valence-corrected chi connectivity index (χ4v) is 2.58. The SMILES string of the molecule is CC(C)(O)c1cc2c(cc1Cl)OCC1(CC1)CO2. The number of hydrogen-bond donors (Lipinski definition) is 1. The third-order valence-electron chi connectivity index (χ3n) is 3.72. The summed E-state index contributed by atoms with van der Waals surface area (Å²) in [5.74, 6) is 1.36. The molecule has 0 aromatic heterocycles.